The molecule has 1 heterocycles. The molecule has 10 heavy (non-hydrogen) atoms. The van der Waals surface area contributed by atoms with Crippen molar-refractivity contribution in [1.29, 1.82) is 0 Å². The van der Waals surface area contributed by atoms with Gasteiger partial charge in [0.2, 0.25) is 0 Å². The SMILES string of the molecule is C=CN=Cc1nccn1C. The van der Waals surface area contributed by atoms with Crippen LogP contribution in [0.3, 0.4) is 0 Å². The lowest BCUT2D eigenvalue weighted by Gasteiger charge is -1.89. The van der Waals surface area contributed by atoms with Gasteiger partial charge in [0, 0.05) is 25.6 Å². The van der Waals surface area contributed by atoms with Crippen molar-refractivity contribution in [3.05, 3.63) is 31.0 Å². The van der Waals surface area contributed by atoms with Gasteiger partial charge in [-0.05, 0) is 0 Å². The maximum absolute atomic E-state index is 4.02. The second-order valence-corrected chi connectivity index (χ2v) is 1.86. The first-order chi connectivity index (χ1) is 4.84. The number of aliphatic imine (C=N–C) groups is 1. The monoisotopic (exact) mass is 135 g/mol. The zero-order valence-corrected chi connectivity index (χ0v) is 5.86. The number of rotatable bonds is 2. The average molecular weight is 135 g/mol. The molecular formula is C7H9N3. The Labute approximate surface area is 59.7 Å². The van der Waals surface area contributed by atoms with Gasteiger partial charge in [0.1, 0.15) is 0 Å². The number of aryl methyl sites for hydroxylation is 1. The molecule has 1 aromatic rings. The summed E-state index contributed by atoms with van der Waals surface area (Å²) in [6, 6.07) is 0. The summed E-state index contributed by atoms with van der Waals surface area (Å²) in [7, 11) is 1.91. The smallest absolute Gasteiger partial charge is 0.150 e. The van der Waals surface area contributed by atoms with E-state index < -0.39 is 0 Å². The van der Waals surface area contributed by atoms with Gasteiger partial charge in [-0.25, -0.2) is 4.98 Å². The third-order valence-corrected chi connectivity index (χ3v) is 1.15. The highest BCUT2D eigenvalue weighted by atomic mass is 15.0. The van der Waals surface area contributed by atoms with Gasteiger partial charge in [-0.1, -0.05) is 6.58 Å². The van der Waals surface area contributed by atoms with Gasteiger partial charge in [0.15, 0.2) is 5.82 Å². The minimum atomic E-state index is 0.833. The minimum absolute atomic E-state index is 0.833. The molecule has 0 atom stereocenters. The van der Waals surface area contributed by atoms with Crippen LogP contribution < -0.4 is 0 Å². The Morgan fingerprint density at radius 3 is 3.10 bits per heavy atom. The third kappa shape index (κ3) is 1.31. The van der Waals surface area contributed by atoms with Crippen molar-refractivity contribution in [2.75, 3.05) is 0 Å². The maximum atomic E-state index is 4.02. The first-order valence-corrected chi connectivity index (χ1v) is 2.96. The van der Waals surface area contributed by atoms with Gasteiger partial charge in [-0.2, -0.15) is 0 Å². The molecule has 1 rings (SSSR count). The molecule has 0 spiro atoms. The number of hydrogen-bond acceptors (Lipinski definition) is 2. The zero-order valence-electron chi connectivity index (χ0n) is 5.86. The van der Waals surface area contributed by atoms with Crippen LogP contribution in [0, 0.1) is 0 Å². The van der Waals surface area contributed by atoms with Crippen molar-refractivity contribution in [1.82, 2.24) is 9.55 Å². The summed E-state index contributed by atoms with van der Waals surface area (Å²) in [5.74, 6) is 0.833. The fourth-order valence-corrected chi connectivity index (χ4v) is 0.621. The molecule has 0 bridgehead atoms. The van der Waals surface area contributed by atoms with E-state index in [1.807, 2.05) is 17.8 Å². The molecule has 0 N–H and O–H groups in total. The van der Waals surface area contributed by atoms with Gasteiger partial charge >= 0.3 is 0 Å². The lowest BCUT2D eigenvalue weighted by molar-refractivity contribution is 0.902. The molecule has 0 unspecified atom stereocenters. The summed E-state index contributed by atoms with van der Waals surface area (Å²) in [6.45, 7) is 3.45. The molecule has 1 aromatic heterocycles. The van der Waals surface area contributed by atoms with Gasteiger partial charge in [-0.3, -0.25) is 4.99 Å². The molecule has 0 amide bonds. The Hall–Kier alpha value is -1.38. The molecule has 0 radical (unpaired) electrons. The molecule has 0 saturated heterocycles. The van der Waals surface area contributed by atoms with Gasteiger partial charge < -0.3 is 4.57 Å². The predicted octanol–water partition coefficient (Wildman–Crippen LogP) is 0.982. The molecule has 52 valence electrons. The van der Waals surface area contributed by atoms with Crippen LogP contribution in [-0.2, 0) is 7.05 Å². The van der Waals surface area contributed by atoms with Crippen molar-refractivity contribution < 1.29 is 0 Å². The third-order valence-electron chi connectivity index (χ3n) is 1.15. The van der Waals surface area contributed by atoms with E-state index in [0.717, 1.165) is 5.82 Å². The maximum Gasteiger partial charge on any atom is 0.150 e. The Balaban J connectivity index is 2.83. The number of imidazole rings is 1. The summed E-state index contributed by atoms with van der Waals surface area (Å²) >= 11 is 0. The zero-order chi connectivity index (χ0) is 7.40. The van der Waals surface area contributed by atoms with Crippen molar-refractivity contribution >= 4 is 6.21 Å². The topological polar surface area (TPSA) is 30.2 Å². The van der Waals surface area contributed by atoms with Crippen LogP contribution in [0.15, 0.2) is 30.2 Å². The van der Waals surface area contributed by atoms with Crippen molar-refractivity contribution in [2.45, 2.75) is 0 Å². The van der Waals surface area contributed by atoms with E-state index in [2.05, 4.69) is 16.6 Å². The van der Waals surface area contributed by atoms with E-state index in [4.69, 9.17) is 0 Å². The molecule has 0 aliphatic carbocycles. The van der Waals surface area contributed by atoms with E-state index in [-0.39, 0.29) is 0 Å². The Morgan fingerprint density at radius 2 is 2.60 bits per heavy atom. The van der Waals surface area contributed by atoms with E-state index >= 15 is 0 Å². The summed E-state index contributed by atoms with van der Waals surface area (Å²) < 4.78 is 1.88. The molecule has 0 saturated carbocycles. The fourth-order valence-electron chi connectivity index (χ4n) is 0.621. The highest BCUT2D eigenvalue weighted by Crippen LogP contribution is 1.88. The molecule has 0 fully saturated rings. The van der Waals surface area contributed by atoms with Crippen molar-refractivity contribution in [3.63, 3.8) is 0 Å². The Kier molecular flexibility index (Phi) is 1.99. The van der Waals surface area contributed by atoms with Gasteiger partial charge in [-0.15, -0.1) is 0 Å². The standard InChI is InChI=1S/C7H9N3/c1-3-8-6-7-9-4-5-10(7)2/h3-6H,1H2,2H3. The summed E-state index contributed by atoms with van der Waals surface area (Å²) in [5.41, 5.74) is 0. The molecule has 0 aromatic carbocycles. The summed E-state index contributed by atoms with van der Waals surface area (Å²) in [5, 5.41) is 0. The van der Waals surface area contributed by atoms with Crippen LogP contribution in [0.4, 0.5) is 0 Å². The van der Waals surface area contributed by atoms with E-state index in [9.17, 15) is 0 Å². The van der Waals surface area contributed by atoms with Gasteiger partial charge in [0.05, 0.1) is 6.21 Å². The second kappa shape index (κ2) is 2.96. The van der Waals surface area contributed by atoms with E-state index in [1.165, 1.54) is 6.20 Å². The highest BCUT2D eigenvalue weighted by Gasteiger charge is 1.90. The minimum Gasteiger partial charge on any atom is -0.333 e. The summed E-state index contributed by atoms with van der Waals surface area (Å²) in [6.07, 6.45) is 6.73. The van der Waals surface area contributed by atoms with Crippen molar-refractivity contribution in [3.8, 4) is 0 Å². The fraction of sp³-hybridized carbons (Fsp3) is 0.143. The van der Waals surface area contributed by atoms with E-state index in [0.29, 0.717) is 0 Å². The largest absolute Gasteiger partial charge is 0.333 e. The summed E-state index contributed by atoms with van der Waals surface area (Å²) in [4.78, 5) is 7.85. The predicted molar refractivity (Wildman–Crippen MR) is 41.0 cm³/mol. The molecule has 0 aliphatic heterocycles. The Bertz CT molecular complexity index is 247. The molecule has 3 heteroatoms. The number of hydrogen-bond donors (Lipinski definition) is 0. The van der Waals surface area contributed by atoms with Crippen LogP contribution in [-0.4, -0.2) is 15.8 Å². The first-order valence-electron chi connectivity index (χ1n) is 2.96. The van der Waals surface area contributed by atoms with Crippen LogP contribution in [0.5, 0.6) is 0 Å². The lowest BCUT2D eigenvalue weighted by atomic mass is 10.6. The van der Waals surface area contributed by atoms with E-state index in [1.54, 1.807) is 12.4 Å². The number of aromatic nitrogens is 2. The molecule has 0 aliphatic rings. The second-order valence-electron chi connectivity index (χ2n) is 1.86. The number of nitrogens with zero attached hydrogens (tertiary/aromatic N) is 3. The normalized spacial score (nSPS) is 10.5. The van der Waals surface area contributed by atoms with Crippen LogP contribution in [0.2, 0.25) is 0 Å². The lowest BCUT2D eigenvalue weighted by Crippen LogP contribution is -1.93. The van der Waals surface area contributed by atoms with Crippen LogP contribution >= 0.6 is 0 Å². The quantitative estimate of drug-likeness (QED) is 0.556. The van der Waals surface area contributed by atoms with Gasteiger partial charge in [0.25, 0.3) is 0 Å². The van der Waals surface area contributed by atoms with Crippen molar-refractivity contribution in [2.24, 2.45) is 12.0 Å². The van der Waals surface area contributed by atoms with Crippen LogP contribution in [0.25, 0.3) is 0 Å². The first kappa shape index (κ1) is 6.74. The highest BCUT2D eigenvalue weighted by molar-refractivity contribution is 5.75. The average Bonchev–Trinajstić information content (AvgIpc) is 2.31. The Morgan fingerprint density at radius 1 is 1.80 bits per heavy atom. The molecule has 3 nitrogen and oxygen atoms in total. The van der Waals surface area contributed by atoms with Crippen LogP contribution in [0.1, 0.15) is 5.82 Å². The molecular weight excluding hydrogens is 126 g/mol.